The second-order valence-electron chi connectivity index (χ2n) is 9.98. The molecule has 3 N–H and O–H groups in total. The van der Waals surface area contributed by atoms with E-state index in [4.69, 9.17) is 10.3 Å². The van der Waals surface area contributed by atoms with E-state index < -0.39 is 11.8 Å². The van der Waals surface area contributed by atoms with Crippen LogP contribution in [0.2, 0.25) is 0 Å². The van der Waals surface area contributed by atoms with E-state index in [0.717, 1.165) is 48.3 Å². The predicted molar refractivity (Wildman–Crippen MR) is 133 cm³/mol. The van der Waals surface area contributed by atoms with Crippen molar-refractivity contribution in [1.29, 1.82) is 0 Å². The SMILES string of the molecule is Cc1noc(C)c1-c1ccc(NC(=O)[C@H](c2cc(C(N)=O)n(C(C)C)n2)C2CCC(C)CC2)nc1. The summed E-state index contributed by atoms with van der Waals surface area (Å²) in [6, 6.07) is 5.30. The van der Waals surface area contributed by atoms with Crippen LogP contribution < -0.4 is 11.1 Å². The van der Waals surface area contributed by atoms with Gasteiger partial charge in [-0.2, -0.15) is 5.10 Å². The lowest BCUT2D eigenvalue weighted by molar-refractivity contribution is -0.119. The molecule has 3 aromatic heterocycles. The Bertz CT molecular complexity index is 1180. The highest BCUT2D eigenvalue weighted by atomic mass is 16.5. The van der Waals surface area contributed by atoms with Gasteiger partial charge in [-0.05, 0) is 70.6 Å². The van der Waals surface area contributed by atoms with Crippen molar-refractivity contribution >= 4 is 17.6 Å². The maximum Gasteiger partial charge on any atom is 0.266 e. The molecule has 9 nitrogen and oxygen atoms in total. The number of primary amides is 1. The third-order valence-electron chi connectivity index (χ3n) is 6.97. The van der Waals surface area contributed by atoms with E-state index in [9.17, 15) is 9.59 Å². The highest BCUT2D eigenvalue weighted by Crippen LogP contribution is 2.39. The highest BCUT2D eigenvalue weighted by Gasteiger charge is 2.35. The largest absolute Gasteiger partial charge is 0.364 e. The first kappa shape index (κ1) is 24.6. The van der Waals surface area contributed by atoms with E-state index >= 15 is 0 Å². The van der Waals surface area contributed by atoms with Crippen molar-refractivity contribution in [3.8, 4) is 11.1 Å². The minimum atomic E-state index is -0.551. The van der Waals surface area contributed by atoms with Crippen molar-refractivity contribution in [1.82, 2.24) is 19.9 Å². The molecule has 0 radical (unpaired) electrons. The maximum atomic E-state index is 13.6. The number of carbonyl (C=O) groups is 2. The van der Waals surface area contributed by atoms with Crippen LogP contribution in [0, 0.1) is 25.7 Å². The molecule has 1 aliphatic carbocycles. The average Bonchev–Trinajstić information content (AvgIpc) is 3.40. The summed E-state index contributed by atoms with van der Waals surface area (Å²) in [6.45, 7) is 9.86. The molecule has 186 valence electrons. The van der Waals surface area contributed by atoms with Crippen LogP contribution in [0.3, 0.4) is 0 Å². The summed E-state index contributed by atoms with van der Waals surface area (Å²) >= 11 is 0. The van der Waals surface area contributed by atoms with Crippen LogP contribution in [0.1, 0.15) is 86.1 Å². The molecule has 4 rings (SSSR count). The molecular weight excluding hydrogens is 444 g/mol. The van der Waals surface area contributed by atoms with Crippen LogP contribution in [-0.4, -0.2) is 31.7 Å². The molecule has 0 saturated heterocycles. The quantitative estimate of drug-likeness (QED) is 0.503. The summed E-state index contributed by atoms with van der Waals surface area (Å²) in [6.07, 6.45) is 5.69. The van der Waals surface area contributed by atoms with Gasteiger partial charge in [0.2, 0.25) is 5.91 Å². The normalized spacial score (nSPS) is 19.0. The van der Waals surface area contributed by atoms with Gasteiger partial charge in [-0.1, -0.05) is 24.9 Å². The standard InChI is InChI=1S/C26H34N6O3/c1-14(2)32-21(25(27)33)12-20(30-32)24(18-8-6-15(3)7-9-18)26(34)29-22-11-10-19(13-28-22)23-16(4)31-35-17(23)5/h10-15,18,24H,6-9H2,1-5H3,(H2,27,33)(H,28,29,34)/t15?,18?,24-/m0/s1. The Balaban J connectivity index is 1.62. The number of rotatable bonds is 7. The molecule has 3 heterocycles. The number of hydrogen-bond donors (Lipinski definition) is 2. The summed E-state index contributed by atoms with van der Waals surface area (Å²) in [5.74, 6) is 0.727. The van der Waals surface area contributed by atoms with Gasteiger partial charge in [-0.15, -0.1) is 0 Å². The molecule has 1 aliphatic rings. The van der Waals surface area contributed by atoms with Gasteiger partial charge in [0.15, 0.2) is 0 Å². The molecule has 2 amide bonds. The molecule has 1 saturated carbocycles. The molecule has 0 aliphatic heterocycles. The molecule has 1 atom stereocenters. The zero-order valence-electron chi connectivity index (χ0n) is 21.0. The van der Waals surface area contributed by atoms with Crippen molar-refractivity contribution in [3.63, 3.8) is 0 Å². The maximum absolute atomic E-state index is 13.6. The molecule has 0 spiro atoms. The number of amides is 2. The monoisotopic (exact) mass is 478 g/mol. The minimum absolute atomic E-state index is 0.0557. The van der Waals surface area contributed by atoms with Gasteiger partial charge in [-0.25, -0.2) is 4.98 Å². The lowest BCUT2D eigenvalue weighted by Gasteiger charge is -2.31. The number of nitrogens with one attached hydrogen (secondary N) is 1. The average molecular weight is 479 g/mol. The number of hydrogen-bond acceptors (Lipinski definition) is 6. The lowest BCUT2D eigenvalue weighted by Crippen LogP contribution is -2.30. The summed E-state index contributed by atoms with van der Waals surface area (Å²) < 4.78 is 6.87. The van der Waals surface area contributed by atoms with Crippen molar-refractivity contribution < 1.29 is 14.1 Å². The molecular formula is C26H34N6O3. The van der Waals surface area contributed by atoms with Crippen LogP contribution in [-0.2, 0) is 4.79 Å². The Kier molecular flexibility index (Phi) is 7.05. The van der Waals surface area contributed by atoms with Gasteiger partial charge >= 0.3 is 0 Å². The van der Waals surface area contributed by atoms with Gasteiger partial charge in [0.1, 0.15) is 17.3 Å². The van der Waals surface area contributed by atoms with E-state index in [0.29, 0.717) is 23.1 Å². The van der Waals surface area contributed by atoms with Gasteiger partial charge in [-0.3, -0.25) is 14.3 Å². The van der Waals surface area contributed by atoms with Crippen molar-refractivity contribution in [3.05, 3.63) is 47.2 Å². The zero-order chi connectivity index (χ0) is 25.3. The fourth-order valence-corrected chi connectivity index (χ4v) is 5.07. The van der Waals surface area contributed by atoms with Crippen LogP contribution in [0.5, 0.6) is 0 Å². The minimum Gasteiger partial charge on any atom is -0.364 e. The number of nitrogens with zero attached hydrogens (tertiary/aromatic N) is 4. The second kappa shape index (κ2) is 10.0. The number of anilines is 1. The van der Waals surface area contributed by atoms with Crippen LogP contribution in [0.15, 0.2) is 28.9 Å². The summed E-state index contributed by atoms with van der Waals surface area (Å²) in [4.78, 5) is 30.2. The zero-order valence-corrected chi connectivity index (χ0v) is 21.0. The van der Waals surface area contributed by atoms with E-state index in [1.807, 2.05) is 33.8 Å². The molecule has 0 aromatic carbocycles. The topological polar surface area (TPSA) is 129 Å². The lowest BCUT2D eigenvalue weighted by atomic mass is 9.75. The first-order chi connectivity index (χ1) is 16.7. The number of pyridine rings is 1. The summed E-state index contributed by atoms with van der Waals surface area (Å²) in [5, 5.41) is 11.7. The molecule has 35 heavy (non-hydrogen) atoms. The van der Waals surface area contributed by atoms with E-state index in [-0.39, 0.29) is 17.9 Å². The van der Waals surface area contributed by atoms with Gasteiger partial charge in [0, 0.05) is 23.4 Å². The summed E-state index contributed by atoms with van der Waals surface area (Å²) in [7, 11) is 0. The fourth-order valence-electron chi connectivity index (χ4n) is 5.07. The van der Waals surface area contributed by atoms with Crippen molar-refractivity contribution in [2.45, 2.75) is 72.3 Å². The Hall–Kier alpha value is -3.49. The fraction of sp³-hybridized carbons (Fsp3) is 0.500. The Morgan fingerprint density at radius 3 is 2.40 bits per heavy atom. The molecule has 1 fully saturated rings. The molecule has 0 bridgehead atoms. The first-order valence-electron chi connectivity index (χ1n) is 12.2. The summed E-state index contributed by atoms with van der Waals surface area (Å²) in [5.41, 5.74) is 9.08. The van der Waals surface area contributed by atoms with E-state index in [2.05, 4.69) is 27.5 Å². The number of nitrogens with two attached hydrogens (primary N) is 1. The van der Waals surface area contributed by atoms with E-state index in [1.54, 1.807) is 23.0 Å². The van der Waals surface area contributed by atoms with Crippen molar-refractivity contribution in [2.75, 3.05) is 5.32 Å². The van der Waals surface area contributed by atoms with Gasteiger partial charge in [0.25, 0.3) is 5.91 Å². The predicted octanol–water partition coefficient (Wildman–Crippen LogP) is 4.78. The van der Waals surface area contributed by atoms with Crippen LogP contribution in [0.25, 0.3) is 11.1 Å². The van der Waals surface area contributed by atoms with Gasteiger partial charge < -0.3 is 15.6 Å². The Morgan fingerprint density at radius 2 is 1.89 bits per heavy atom. The number of aromatic nitrogens is 4. The third-order valence-corrected chi connectivity index (χ3v) is 6.97. The highest BCUT2D eigenvalue weighted by molar-refractivity contribution is 5.96. The van der Waals surface area contributed by atoms with Gasteiger partial charge in [0.05, 0.1) is 17.3 Å². The smallest absolute Gasteiger partial charge is 0.266 e. The Morgan fingerprint density at radius 1 is 1.17 bits per heavy atom. The van der Waals surface area contributed by atoms with Crippen LogP contribution in [0.4, 0.5) is 5.82 Å². The number of aryl methyl sites for hydroxylation is 2. The van der Waals surface area contributed by atoms with Crippen molar-refractivity contribution in [2.24, 2.45) is 17.6 Å². The molecule has 3 aromatic rings. The Labute approximate surface area is 205 Å². The molecule has 9 heteroatoms. The second-order valence-corrected chi connectivity index (χ2v) is 9.98. The number of carbonyl (C=O) groups excluding carboxylic acids is 2. The molecule has 0 unspecified atom stereocenters. The first-order valence-corrected chi connectivity index (χ1v) is 12.2. The third kappa shape index (κ3) is 5.13. The van der Waals surface area contributed by atoms with Crippen LogP contribution >= 0.6 is 0 Å². The van der Waals surface area contributed by atoms with E-state index in [1.165, 1.54) is 0 Å².